The van der Waals surface area contributed by atoms with Gasteiger partial charge in [-0.15, -0.1) is 0 Å². The normalized spacial score (nSPS) is 9.50. The molecule has 0 atom stereocenters. The molecule has 1 heterocycles. The Labute approximate surface area is 94.3 Å². The fourth-order valence-electron chi connectivity index (χ4n) is 1.09. The number of rotatable bonds is 3. The molecule has 0 aliphatic rings. The average molecular weight is 213 g/mol. The fraction of sp³-hybridized carbons (Fsp3) is 0.167. The molecule has 0 aliphatic heterocycles. The van der Waals surface area contributed by atoms with Gasteiger partial charge in [-0.1, -0.05) is 0 Å². The third-order valence-corrected chi connectivity index (χ3v) is 1.82. The van der Waals surface area contributed by atoms with Gasteiger partial charge in [0, 0.05) is 19.7 Å². The average Bonchev–Trinajstić information content (AvgIpc) is 2.77. The van der Waals surface area contributed by atoms with Gasteiger partial charge in [-0.05, 0) is 24.4 Å². The van der Waals surface area contributed by atoms with Crippen molar-refractivity contribution in [1.29, 1.82) is 10.5 Å². The van der Waals surface area contributed by atoms with Crippen molar-refractivity contribution in [2.45, 2.75) is 0 Å². The number of furan rings is 1. The zero-order chi connectivity index (χ0) is 12.0. The van der Waals surface area contributed by atoms with Crippen LogP contribution >= 0.6 is 0 Å². The van der Waals surface area contributed by atoms with Crippen LogP contribution in [-0.2, 0) is 0 Å². The Bertz CT molecular complexity index is 465. The highest BCUT2D eigenvalue weighted by Gasteiger charge is 2.08. The Morgan fingerprint density at radius 2 is 2.06 bits per heavy atom. The quantitative estimate of drug-likeness (QED) is 0.570. The lowest BCUT2D eigenvalue weighted by Gasteiger charge is -2.04. The van der Waals surface area contributed by atoms with E-state index in [-0.39, 0.29) is 5.57 Å². The molecule has 0 aliphatic carbocycles. The fourth-order valence-corrected chi connectivity index (χ4v) is 1.09. The molecule has 0 radical (unpaired) electrons. The van der Waals surface area contributed by atoms with E-state index < -0.39 is 0 Å². The number of hydrogen-bond donors (Lipinski definition) is 0. The van der Waals surface area contributed by atoms with Gasteiger partial charge < -0.3 is 9.32 Å². The minimum absolute atomic E-state index is 0.0352. The van der Waals surface area contributed by atoms with E-state index in [1.165, 1.54) is 6.26 Å². The van der Waals surface area contributed by atoms with Crippen molar-refractivity contribution in [2.24, 2.45) is 0 Å². The van der Waals surface area contributed by atoms with Crippen molar-refractivity contribution in [3.63, 3.8) is 0 Å². The van der Waals surface area contributed by atoms with E-state index >= 15 is 0 Å². The van der Waals surface area contributed by atoms with Crippen LogP contribution in [0.15, 0.2) is 40.7 Å². The zero-order valence-corrected chi connectivity index (χ0v) is 9.14. The summed E-state index contributed by atoms with van der Waals surface area (Å²) in [6.45, 7) is 0. The van der Waals surface area contributed by atoms with Gasteiger partial charge in [0.2, 0.25) is 0 Å². The summed E-state index contributed by atoms with van der Waals surface area (Å²) in [5, 5.41) is 17.7. The van der Waals surface area contributed by atoms with Gasteiger partial charge in [-0.3, -0.25) is 0 Å². The predicted octanol–water partition coefficient (Wildman–Crippen LogP) is 2.16. The number of hydrogen-bond acceptors (Lipinski definition) is 4. The number of nitriles is 2. The standard InChI is InChI=1S/C12H11N3O/c1-15(2)6-5-11(10(8-13)9-14)12-4-3-7-16-12/h3-7H,1-2H3. The largest absolute Gasteiger partial charge is 0.464 e. The molecular weight excluding hydrogens is 202 g/mol. The Kier molecular flexibility index (Phi) is 3.94. The monoisotopic (exact) mass is 213 g/mol. The summed E-state index contributed by atoms with van der Waals surface area (Å²) in [5.41, 5.74) is 0.525. The minimum atomic E-state index is 0.0352. The molecule has 1 rings (SSSR count). The van der Waals surface area contributed by atoms with Crippen molar-refractivity contribution >= 4 is 5.57 Å². The third-order valence-electron chi connectivity index (χ3n) is 1.82. The molecule has 1 aromatic heterocycles. The molecule has 0 aromatic carbocycles. The van der Waals surface area contributed by atoms with Crippen LogP contribution in [0.3, 0.4) is 0 Å². The first-order chi connectivity index (χ1) is 7.69. The van der Waals surface area contributed by atoms with Gasteiger partial charge in [0.15, 0.2) is 0 Å². The zero-order valence-electron chi connectivity index (χ0n) is 9.14. The van der Waals surface area contributed by atoms with Gasteiger partial charge in [-0.2, -0.15) is 10.5 Å². The molecule has 0 fully saturated rings. The van der Waals surface area contributed by atoms with Crippen molar-refractivity contribution in [1.82, 2.24) is 4.90 Å². The van der Waals surface area contributed by atoms with Crippen molar-refractivity contribution in [2.75, 3.05) is 14.1 Å². The lowest BCUT2D eigenvalue weighted by atomic mass is 10.1. The maximum Gasteiger partial charge on any atom is 0.140 e. The first-order valence-corrected chi connectivity index (χ1v) is 4.62. The summed E-state index contributed by atoms with van der Waals surface area (Å²) < 4.78 is 5.18. The maximum absolute atomic E-state index is 8.84. The van der Waals surface area contributed by atoms with E-state index in [9.17, 15) is 0 Å². The Hall–Kier alpha value is -2.46. The molecule has 0 spiro atoms. The molecule has 1 aromatic rings. The predicted molar refractivity (Wildman–Crippen MR) is 59.7 cm³/mol. The van der Waals surface area contributed by atoms with E-state index in [0.717, 1.165) is 0 Å². The summed E-state index contributed by atoms with van der Waals surface area (Å²) in [5.74, 6) is 0.510. The molecule has 4 heteroatoms. The molecule has 0 saturated heterocycles. The Morgan fingerprint density at radius 3 is 2.50 bits per heavy atom. The van der Waals surface area contributed by atoms with Crippen molar-refractivity contribution < 1.29 is 4.42 Å². The summed E-state index contributed by atoms with van der Waals surface area (Å²) in [7, 11) is 3.71. The second-order valence-corrected chi connectivity index (χ2v) is 3.27. The van der Waals surface area contributed by atoms with Crippen LogP contribution in [-0.4, -0.2) is 19.0 Å². The van der Waals surface area contributed by atoms with Crippen LogP contribution in [0.1, 0.15) is 5.76 Å². The van der Waals surface area contributed by atoms with Gasteiger partial charge in [-0.25, -0.2) is 0 Å². The Balaban J connectivity index is 3.22. The topological polar surface area (TPSA) is 64.0 Å². The first kappa shape index (κ1) is 11.6. The van der Waals surface area contributed by atoms with Crippen molar-refractivity contribution in [3.05, 3.63) is 42.0 Å². The van der Waals surface area contributed by atoms with E-state index in [2.05, 4.69) is 0 Å². The molecule has 0 amide bonds. The van der Waals surface area contributed by atoms with Crippen LogP contribution in [0.4, 0.5) is 0 Å². The minimum Gasteiger partial charge on any atom is -0.464 e. The van der Waals surface area contributed by atoms with E-state index in [1.54, 1.807) is 24.4 Å². The van der Waals surface area contributed by atoms with Crippen LogP contribution in [0.5, 0.6) is 0 Å². The lowest BCUT2D eigenvalue weighted by molar-refractivity contribution is 0.551. The Morgan fingerprint density at radius 1 is 1.38 bits per heavy atom. The summed E-state index contributed by atoms with van der Waals surface area (Å²) >= 11 is 0. The van der Waals surface area contributed by atoms with Crippen LogP contribution in [0.25, 0.3) is 5.57 Å². The van der Waals surface area contributed by atoms with E-state index in [0.29, 0.717) is 11.3 Å². The molecule has 0 bridgehead atoms. The number of nitrogens with zero attached hydrogens (tertiary/aromatic N) is 3. The molecular formula is C12H11N3O. The number of allylic oxidation sites excluding steroid dienone is 3. The highest BCUT2D eigenvalue weighted by atomic mass is 16.3. The van der Waals surface area contributed by atoms with E-state index in [4.69, 9.17) is 14.9 Å². The highest BCUT2D eigenvalue weighted by molar-refractivity contribution is 5.79. The van der Waals surface area contributed by atoms with Crippen LogP contribution in [0, 0.1) is 22.7 Å². The summed E-state index contributed by atoms with van der Waals surface area (Å²) in [6, 6.07) is 7.13. The van der Waals surface area contributed by atoms with Gasteiger partial charge in [0.05, 0.1) is 6.26 Å². The van der Waals surface area contributed by atoms with Gasteiger partial charge in [0.25, 0.3) is 0 Å². The molecule has 4 nitrogen and oxygen atoms in total. The van der Waals surface area contributed by atoms with Crippen LogP contribution < -0.4 is 0 Å². The molecule has 0 unspecified atom stereocenters. The first-order valence-electron chi connectivity index (χ1n) is 4.62. The molecule has 16 heavy (non-hydrogen) atoms. The maximum atomic E-state index is 8.84. The summed E-state index contributed by atoms with van der Waals surface area (Å²) in [6.07, 6.45) is 4.94. The van der Waals surface area contributed by atoms with Crippen molar-refractivity contribution in [3.8, 4) is 12.1 Å². The summed E-state index contributed by atoms with van der Waals surface area (Å²) in [4.78, 5) is 1.81. The lowest BCUT2D eigenvalue weighted by Crippen LogP contribution is -2.00. The van der Waals surface area contributed by atoms with E-state index in [1.807, 2.05) is 31.1 Å². The van der Waals surface area contributed by atoms with Gasteiger partial charge >= 0.3 is 0 Å². The molecule has 0 N–H and O–H groups in total. The van der Waals surface area contributed by atoms with Crippen LogP contribution in [0.2, 0.25) is 0 Å². The third kappa shape index (κ3) is 2.76. The smallest absolute Gasteiger partial charge is 0.140 e. The molecule has 0 saturated carbocycles. The molecule has 80 valence electrons. The second-order valence-electron chi connectivity index (χ2n) is 3.27. The van der Waals surface area contributed by atoms with Gasteiger partial charge in [0.1, 0.15) is 23.5 Å². The highest BCUT2D eigenvalue weighted by Crippen LogP contribution is 2.20. The second kappa shape index (κ2) is 5.43. The SMILES string of the molecule is CN(C)C=CC(=C(C#N)C#N)c1ccco1.